The quantitative estimate of drug-likeness (QED) is 0.768. The van der Waals surface area contributed by atoms with Crippen molar-refractivity contribution in [3.05, 3.63) is 18.2 Å². The van der Waals surface area contributed by atoms with Crippen LogP contribution in [0.3, 0.4) is 0 Å². The minimum Gasteiger partial charge on any atom is -0.497 e. The van der Waals surface area contributed by atoms with Crippen molar-refractivity contribution < 1.29 is 19.0 Å². The maximum absolute atomic E-state index is 11.5. The molecule has 1 N–H and O–H groups in total. The number of nitrogens with one attached hydrogen (secondary N) is 1. The van der Waals surface area contributed by atoms with E-state index in [9.17, 15) is 4.79 Å². The van der Waals surface area contributed by atoms with Crippen LogP contribution in [0, 0.1) is 5.92 Å². The molecule has 0 aromatic heterocycles. The minimum atomic E-state index is -0.206. The standard InChI is InChI=1S/C14H21NO4/c1-5-10(14(16)19-4)9-15-12-7-6-11(17-2)8-13(12)18-3/h6-8,10,15H,5,9H2,1-4H3. The molecule has 1 aromatic carbocycles. The van der Waals surface area contributed by atoms with Gasteiger partial charge in [0, 0.05) is 12.6 Å². The molecular formula is C14H21NO4. The Balaban J connectivity index is 2.73. The highest BCUT2D eigenvalue weighted by Gasteiger charge is 2.17. The molecule has 1 rings (SSSR count). The molecule has 0 radical (unpaired) electrons. The van der Waals surface area contributed by atoms with Crippen LogP contribution in [0.15, 0.2) is 18.2 Å². The zero-order valence-electron chi connectivity index (χ0n) is 11.9. The Kier molecular flexibility index (Phi) is 5.99. The summed E-state index contributed by atoms with van der Waals surface area (Å²) in [5.41, 5.74) is 0.825. The van der Waals surface area contributed by atoms with Crippen LogP contribution in [-0.2, 0) is 9.53 Å². The molecule has 106 valence electrons. The minimum absolute atomic E-state index is 0.170. The third kappa shape index (κ3) is 4.05. The Hall–Kier alpha value is -1.91. The molecule has 0 spiro atoms. The molecule has 0 aliphatic rings. The van der Waals surface area contributed by atoms with Gasteiger partial charge >= 0.3 is 5.97 Å². The van der Waals surface area contributed by atoms with E-state index in [4.69, 9.17) is 14.2 Å². The molecule has 19 heavy (non-hydrogen) atoms. The van der Waals surface area contributed by atoms with E-state index < -0.39 is 0 Å². The van der Waals surface area contributed by atoms with Crippen molar-refractivity contribution in [2.75, 3.05) is 33.2 Å². The van der Waals surface area contributed by atoms with Crippen LogP contribution in [-0.4, -0.2) is 33.8 Å². The second-order valence-electron chi connectivity index (χ2n) is 4.08. The molecule has 0 heterocycles. The average Bonchev–Trinajstić information content (AvgIpc) is 2.47. The van der Waals surface area contributed by atoms with E-state index in [-0.39, 0.29) is 11.9 Å². The largest absolute Gasteiger partial charge is 0.497 e. The maximum Gasteiger partial charge on any atom is 0.310 e. The lowest BCUT2D eigenvalue weighted by Gasteiger charge is -2.16. The highest BCUT2D eigenvalue weighted by atomic mass is 16.5. The molecule has 1 atom stereocenters. The Bertz CT molecular complexity index is 420. The van der Waals surface area contributed by atoms with E-state index in [0.29, 0.717) is 12.3 Å². The molecule has 0 fully saturated rings. The number of methoxy groups -OCH3 is 3. The molecule has 0 amide bonds. The van der Waals surface area contributed by atoms with Crippen molar-refractivity contribution in [3.8, 4) is 11.5 Å². The number of hydrogen-bond acceptors (Lipinski definition) is 5. The third-order valence-electron chi connectivity index (χ3n) is 2.97. The SMILES string of the molecule is CCC(CNc1ccc(OC)cc1OC)C(=O)OC. The van der Waals surface area contributed by atoms with E-state index in [0.717, 1.165) is 17.9 Å². The number of anilines is 1. The van der Waals surface area contributed by atoms with Crippen molar-refractivity contribution in [3.63, 3.8) is 0 Å². The zero-order valence-corrected chi connectivity index (χ0v) is 11.9. The van der Waals surface area contributed by atoms with E-state index in [2.05, 4.69) is 5.32 Å². The van der Waals surface area contributed by atoms with Crippen LogP contribution >= 0.6 is 0 Å². The molecule has 0 saturated heterocycles. The number of esters is 1. The fraction of sp³-hybridized carbons (Fsp3) is 0.500. The fourth-order valence-electron chi connectivity index (χ4n) is 1.74. The molecule has 1 unspecified atom stereocenters. The van der Waals surface area contributed by atoms with Gasteiger partial charge in [-0.3, -0.25) is 4.79 Å². The van der Waals surface area contributed by atoms with E-state index in [1.165, 1.54) is 7.11 Å². The Morgan fingerprint density at radius 3 is 2.53 bits per heavy atom. The number of carbonyl (C=O) groups is 1. The molecular weight excluding hydrogens is 246 g/mol. The summed E-state index contributed by atoms with van der Waals surface area (Å²) in [4.78, 5) is 11.5. The van der Waals surface area contributed by atoms with Crippen LogP contribution in [0.5, 0.6) is 11.5 Å². The van der Waals surface area contributed by atoms with E-state index in [1.54, 1.807) is 20.3 Å². The number of ether oxygens (including phenoxy) is 3. The Labute approximate surface area is 113 Å². The van der Waals surface area contributed by atoms with Crippen LogP contribution in [0.2, 0.25) is 0 Å². The van der Waals surface area contributed by atoms with Crippen LogP contribution in [0.1, 0.15) is 13.3 Å². The molecule has 5 heteroatoms. The van der Waals surface area contributed by atoms with Gasteiger partial charge in [0.05, 0.1) is 32.9 Å². The molecule has 0 bridgehead atoms. The first-order chi connectivity index (χ1) is 9.15. The van der Waals surface area contributed by atoms with Crippen molar-refractivity contribution >= 4 is 11.7 Å². The van der Waals surface area contributed by atoms with Gasteiger partial charge in [-0.05, 0) is 18.6 Å². The smallest absolute Gasteiger partial charge is 0.310 e. The Morgan fingerprint density at radius 1 is 1.26 bits per heavy atom. The number of benzene rings is 1. The van der Waals surface area contributed by atoms with Gasteiger partial charge in [0.2, 0.25) is 0 Å². The number of rotatable bonds is 7. The lowest BCUT2D eigenvalue weighted by molar-refractivity contribution is -0.145. The summed E-state index contributed by atoms with van der Waals surface area (Å²) in [5.74, 6) is 1.03. The highest BCUT2D eigenvalue weighted by Crippen LogP contribution is 2.29. The average molecular weight is 267 g/mol. The Morgan fingerprint density at radius 2 is 2.00 bits per heavy atom. The summed E-state index contributed by atoms with van der Waals surface area (Å²) >= 11 is 0. The van der Waals surface area contributed by atoms with E-state index in [1.807, 2.05) is 19.1 Å². The van der Waals surface area contributed by atoms with Gasteiger partial charge in [0.25, 0.3) is 0 Å². The molecule has 0 saturated carbocycles. The van der Waals surface area contributed by atoms with Crippen molar-refractivity contribution in [2.24, 2.45) is 5.92 Å². The van der Waals surface area contributed by atoms with Gasteiger partial charge in [-0.15, -0.1) is 0 Å². The van der Waals surface area contributed by atoms with Gasteiger partial charge in [-0.1, -0.05) is 6.92 Å². The second kappa shape index (κ2) is 7.51. The first kappa shape index (κ1) is 15.1. The lowest BCUT2D eigenvalue weighted by Crippen LogP contribution is -2.23. The molecule has 5 nitrogen and oxygen atoms in total. The first-order valence-corrected chi connectivity index (χ1v) is 6.20. The van der Waals surface area contributed by atoms with Crippen molar-refractivity contribution in [1.82, 2.24) is 0 Å². The molecule has 0 aliphatic heterocycles. The monoisotopic (exact) mass is 267 g/mol. The van der Waals surface area contributed by atoms with Crippen LogP contribution < -0.4 is 14.8 Å². The number of hydrogen-bond donors (Lipinski definition) is 1. The van der Waals surface area contributed by atoms with Gasteiger partial charge < -0.3 is 19.5 Å². The van der Waals surface area contributed by atoms with Crippen LogP contribution in [0.4, 0.5) is 5.69 Å². The molecule has 1 aromatic rings. The summed E-state index contributed by atoms with van der Waals surface area (Å²) in [5, 5.41) is 3.20. The summed E-state index contributed by atoms with van der Waals surface area (Å²) in [6.45, 7) is 2.46. The maximum atomic E-state index is 11.5. The van der Waals surface area contributed by atoms with Crippen LogP contribution in [0.25, 0.3) is 0 Å². The van der Waals surface area contributed by atoms with Gasteiger partial charge in [-0.2, -0.15) is 0 Å². The lowest BCUT2D eigenvalue weighted by atomic mass is 10.1. The summed E-state index contributed by atoms with van der Waals surface area (Å²) in [7, 11) is 4.60. The second-order valence-corrected chi connectivity index (χ2v) is 4.08. The van der Waals surface area contributed by atoms with Gasteiger partial charge in [0.1, 0.15) is 11.5 Å². The molecule has 0 aliphatic carbocycles. The highest BCUT2D eigenvalue weighted by molar-refractivity contribution is 5.73. The first-order valence-electron chi connectivity index (χ1n) is 6.20. The van der Waals surface area contributed by atoms with Crippen molar-refractivity contribution in [1.29, 1.82) is 0 Å². The predicted molar refractivity (Wildman–Crippen MR) is 73.8 cm³/mol. The summed E-state index contributed by atoms with van der Waals surface area (Å²) < 4.78 is 15.2. The van der Waals surface area contributed by atoms with Crippen molar-refractivity contribution in [2.45, 2.75) is 13.3 Å². The normalized spacial score (nSPS) is 11.6. The van der Waals surface area contributed by atoms with E-state index >= 15 is 0 Å². The summed E-state index contributed by atoms with van der Waals surface area (Å²) in [6, 6.07) is 5.49. The topological polar surface area (TPSA) is 56.8 Å². The van der Waals surface area contributed by atoms with Gasteiger partial charge in [-0.25, -0.2) is 0 Å². The number of carbonyl (C=O) groups excluding carboxylic acids is 1. The zero-order chi connectivity index (χ0) is 14.3. The van der Waals surface area contributed by atoms with Gasteiger partial charge in [0.15, 0.2) is 0 Å². The summed E-state index contributed by atoms with van der Waals surface area (Å²) in [6.07, 6.45) is 0.720. The predicted octanol–water partition coefficient (Wildman–Crippen LogP) is 2.31. The fourth-order valence-corrected chi connectivity index (χ4v) is 1.74. The third-order valence-corrected chi connectivity index (χ3v) is 2.97.